The average Bonchev–Trinajstić information content (AvgIpc) is 2.78. The monoisotopic (exact) mass is 181 g/mol. The van der Waals surface area contributed by atoms with Gasteiger partial charge in [0.2, 0.25) is 0 Å². The first-order valence-corrected chi connectivity index (χ1v) is 4.32. The van der Waals surface area contributed by atoms with E-state index >= 15 is 0 Å². The quantitative estimate of drug-likeness (QED) is 0.733. The van der Waals surface area contributed by atoms with Crippen LogP contribution < -0.4 is 0 Å². The Labute approximate surface area is 75.4 Å². The van der Waals surface area contributed by atoms with Crippen molar-refractivity contribution >= 4 is 5.97 Å². The summed E-state index contributed by atoms with van der Waals surface area (Å²) < 4.78 is 1.65. The summed E-state index contributed by atoms with van der Waals surface area (Å²) in [5.74, 6) is -0.183. The number of carboxylic acids is 1. The number of hydrogen-bond donors (Lipinski definition) is 1. The van der Waals surface area contributed by atoms with Crippen LogP contribution >= 0.6 is 0 Å². The summed E-state index contributed by atoms with van der Waals surface area (Å²) in [5, 5.41) is 13.0. The van der Waals surface area contributed by atoms with Gasteiger partial charge in [-0.15, -0.1) is 0 Å². The van der Waals surface area contributed by atoms with Crippen molar-refractivity contribution in [1.29, 1.82) is 0 Å². The van der Waals surface area contributed by atoms with Crippen molar-refractivity contribution in [2.24, 2.45) is 0 Å². The molecule has 70 valence electrons. The molecule has 5 heteroatoms. The van der Waals surface area contributed by atoms with Crippen LogP contribution in [0.5, 0.6) is 0 Å². The molecule has 0 amide bonds. The molecule has 1 aliphatic rings. The number of aromatic nitrogens is 3. The van der Waals surface area contributed by atoms with Crippen LogP contribution in [0.3, 0.4) is 0 Å². The minimum absolute atomic E-state index is 0.600. The first-order valence-electron chi connectivity index (χ1n) is 4.32. The largest absolute Gasteiger partial charge is 0.480 e. The lowest BCUT2D eigenvalue weighted by atomic mass is 10.1. The zero-order valence-electron chi connectivity index (χ0n) is 7.40. The highest BCUT2D eigenvalue weighted by Gasteiger charge is 2.55. The van der Waals surface area contributed by atoms with Crippen LogP contribution in [0, 0.1) is 0 Å². The van der Waals surface area contributed by atoms with Gasteiger partial charge >= 0.3 is 5.97 Å². The Hall–Kier alpha value is -1.39. The van der Waals surface area contributed by atoms with Crippen molar-refractivity contribution in [3.63, 3.8) is 0 Å². The lowest BCUT2D eigenvalue weighted by Gasteiger charge is -2.09. The van der Waals surface area contributed by atoms with Gasteiger partial charge in [-0.2, -0.15) is 5.10 Å². The summed E-state index contributed by atoms with van der Waals surface area (Å²) in [7, 11) is 0. The van der Waals surface area contributed by atoms with Crippen molar-refractivity contribution in [3.05, 3.63) is 12.2 Å². The fourth-order valence-corrected chi connectivity index (χ4v) is 1.52. The Morgan fingerprint density at radius 2 is 2.46 bits per heavy atom. The first kappa shape index (κ1) is 8.22. The number of hydrogen-bond acceptors (Lipinski definition) is 3. The topological polar surface area (TPSA) is 68.0 Å². The predicted molar refractivity (Wildman–Crippen MR) is 44.2 cm³/mol. The van der Waals surface area contributed by atoms with Crippen molar-refractivity contribution in [2.45, 2.75) is 31.7 Å². The maximum atomic E-state index is 11.0. The number of aliphatic carboxylic acids is 1. The van der Waals surface area contributed by atoms with Gasteiger partial charge in [-0.25, -0.2) is 9.67 Å². The Morgan fingerprint density at radius 1 is 1.77 bits per heavy atom. The van der Waals surface area contributed by atoms with E-state index in [9.17, 15) is 4.79 Å². The average molecular weight is 181 g/mol. The van der Waals surface area contributed by atoms with Gasteiger partial charge in [-0.1, -0.05) is 0 Å². The first-order chi connectivity index (χ1) is 6.20. The third kappa shape index (κ3) is 1.03. The Bertz CT molecular complexity index is 341. The molecular weight excluding hydrogens is 170 g/mol. The molecule has 1 N–H and O–H groups in total. The van der Waals surface area contributed by atoms with E-state index in [4.69, 9.17) is 5.11 Å². The Balaban J connectivity index is 2.40. The van der Waals surface area contributed by atoms with E-state index in [-0.39, 0.29) is 0 Å². The molecule has 0 radical (unpaired) electrons. The highest BCUT2D eigenvalue weighted by Crippen LogP contribution is 2.47. The SMILES string of the molecule is CCn1ncnc1C1(C(=O)O)CC1. The van der Waals surface area contributed by atoms with Gasteiger partial charge in [-0.3, -0.25) is 4.79 Å². The zero-order valence-corrected chi connectivity index (χ0v) is 7.40. The van der Waals surface area contributed by atoms with Crippen molar-refractivity contribution < 1.29 is 9.90 Å². The molecule has 2 rings (SSSR count). The zero-order chi connectivity index (χ0) is 9.47. The fraction of sp³-hybridized carbons (Fsp3) is 0.625. The van der Waals surface area contributed by atoms with E-state index in [1.165, 1.54) is 6.33 Å². The standard InChI is InChI=1S/C8H11N3O2/c1-2-11-6(9-5-10-11)8(3-4-8)7(12)13/h5H,2-4H2,1H3,(H,12,13). The molecular formula is C8H11N3O2. The van der Waals surface area contributed by atoms with Crippen molar-refractivity contribution in [2.75, 3.05) is 0 Å². The summed E-state index contributed by atoms with van der Waals surface area (Å²) >= 11 is 0. The maximum absolute atomic E-state index is 11.0. The summed E-state index contributed by atoms with van der Waals surface area (Å²) in [6.45, 7) is 2.60. The third-order valence-corrected chi connectivity index (χ3v) is 2.50. The van der Waals surface area contributed by atoms with E-state index in [0.717, 1.165) is 0 Å². The maximum Gasteiger partial charge on any atom is 0.317 e. The number of nitrogens with zero attached hydrogens (tertiary/aromatic N) is 3. The lowest BCUT2D eigenvalue weighted by Crippen LogP contribution is -2.24. The van der Waals surface area contributed by atoms with E-state index in [2.05, 4.69) is 10.1 Å². The molecule has 1 heterocycles. The lowest BCUT2D eigenvalue weighted by molar-refractivity contribution is -0.140. The molecule has 1 aliphatic carbocycles. The Morgan fingerprint density at radius 3 is 2.92 bits per heavy atom. The normalized spacial score (nSPS) is 18.5. The van der Waals surface area contributed by atoms with E-state index in [1.54, 1.807) is 4.68 Å². The van der Waals surface area contributed by atoms with Crippen molar-refractivity contribution in [3.8, 4) is 0 Å². The van der Waals surface area contributed by atoms with E-state index in [1.807, 2.05) is 6.92 Å². The molecule has 1 fully saturated rings. The molecule has 1 aromatic heterocycles. The van der Waals surface area contributed by atoms with Gasteiger partial charge in [0, 0.05) is 6.54 Å². The predicted octanol–water partition coefficient (Wildman–Crippen LogP) is 0.414. The second-order valence-corrected chi connectivity index (χ2v) is 3.29. The summed E-state index contributed by atoms with van der Waals surface area (Å²) in [6.07, 6.45) is 2.78. The van der Waals surface area contributed by atoms with Gasteiger partial charge in [0.1, 0.15) is 17.6 Å². The molecule has 0 bridgehead atoms. The van der Waals surface area contributed by atoms with Crippen LogP contribution in [-0.2, 0) is 16.8 Å². The second kappa shape index (κ2) is 2.55. The van der Waals surface area contributed by atoms with Gasteiger partial charge in [-0.05, 0) is 19.8 Å². The third-order valence-electron chi connectivity index (χ3n) is 2.50. The molecule has 0 aromatic carbocycles. The van der Waals surface area contributed by atoms with Crippen LogP contribution in [0.15, 0.2) is 6.33 Å². The van der Waals surface area contributed by atoms with E-state index in [0.29, 0.717) is 25.2 Å². The van der Waals surface area contributed by atoms with Gasteiger partial charge in [0.15, 0.2) is 0 Å². The fourth-order valence-electron chi connectivity index (χ4n) is 1.52. The van der Waals surface area contributed by atoms with Crippen molar-refractivity contribution in [1.82, 2.24) is 14.8 Å². The molecule has 1 aromatic rings. The highest BCUT2D eigenvalue weighted by molar-refractivity contribution is 5.83. The number of carboxylic acid groups (broad SMARTS) is 1. The van der Waals surface area contributed by atoms with Crippen LogP contribution in [0.4, 0.5) is 0 Å². The molecule has 13 heavy (non-hydrogen) atoms. The van der Waals surface area contributed by atoms with Crippen LogP contribution in [0.25, 0.3) is 0 Å². The van der Waals surface area contributed by atoms with Gasteiger partial charge in [0.05, 0.1) is 0 Å². The molecule has 0 unspecified atom stereocenters. The summed E-state index contributed by atoms with van der Waals surface area (Å²) in [6, 6.07) is 0. The molecule has 0 aliphatic heterocycles. The molecule has 0 atom stereocenters. The van der Waals surface area contributed by atoms with Crippen LogP contribution in [-0.4, -0.2) is 25.8 Å². The van der Waals surface area contributed by atoms with Crippen LogP contribution in [0.1, 0.15) is 25.6 Å². The Kier molecular flexibility index (Phi) is 1.61. The van der Waals surface area contributed by atoms with Crippen LogP contribution in [0.2, 0.25) is 0 Å². The minimum atomic E-state index is -0.782. The molecule has 5 nitrogen and oxygen atoms in total. The second-order valence-electron chi connectivity index (χ2n) is 3.29. The summed E-state index contributed by atoms with van der Waals surface area (Å²) in [5.41, 5.74) is -0.730. The molecule has 0 saturated heterocycles. The highest BCUT2D eigenvalue weighted by atomic mass is 16.4. The van der Waals surface area contributed by atoms with Gasteiger partial charge < -0.3 is 5.11 Å². The number of aryl methyl sites for hydroxylation is 1. The smallest absolute Gasteiger partial charge is 0.317 e. The number of carbonyl (C=O) groups is 1. The number of rotatable bonds is 3. The molecule has 0 spiro atoms. The minimum Gasteiger partial charge on any atom is -0.480 e. The summed E-state index contributed by atoms with van der Waals surface area (Å²) in [4.78, 5) is 15.0. The molecule has 1 saturated carbocycles. The van der Waals surface area contributed by atoms with Gasteiger partial charge in [0.25, 0.3) is 0 Å². The van der Waals surface area contributed by atoms with E-state index < -0.39 is 11.4 Å².